The van der Waals surface area contributed by atoms with E-state index in [1.807, 2.05) is 0 Å². The van der Waals surface area contributed by atoms with Gasteiger partial charge in [-0.1, -0.05) is 64.2 Å². The summed E-state index contributed by atoms with van der Waals surface area (Å²) in [4.78, 5) is 0. The smallest absolute Gasteiger partial charge is 0.201 e. The van der Waals surface area contributed by atoms with Crippen molar-refractivity contribution in [3.05, 3.63) is 29.3 Å². The standard InChI is InChI=1S/C24H34F2O/c1-3-5-7-9-19-10-12-20(13-11-19)14-15-21-16-17-22(24(26)23(21)25)27-18-8-6-4-2/h16-17,19-20H,3-13,18H2,1-2H3/t19-,20-. The average molecular weight is 377 g/mol. The van der Waals surface area contributed by atoms with Crippen molar-refractivity contribution in [3.8, 4) is 17.6 Å². The number of hydrogen-bond acceptors (Lipinski definition) is 1. The highest BCUT2D eigenvalue weighted by Gasteiger charge is 2.19. The van der Waals surface area contributed by atoms with E-state index in [0.29, 0.717) is 12.5 Å². The molecule has 1 aromatic rings. The fourth-order valence-corrected chi connectivity index (χ4v) is 3.73. The van der Waals surface area contributed by atoms with Crippen LogP contribution in [-0.4, -0.2) is 6.61 Å². The second-order valence-corrected chi connectivity index (χ2v) is 7.78. The summed E-state index contributed by atoms with van der Waals surface area (Å²) in [6, 6.07) is 3.04. The maximum atomic E-state index is 14.3. The Morgan fingerprint density at radius 1 is 0.926 bits per heavy atom. The summed E-state index contributed by atoms with van der Waals surface area (Å²) in [7, 11) is 0. The van der Waals surface area contributed by atoms with Crippen molar-refractivity contribution in [2.24, 2.45) is 11.8 Å². The molecule has 0 spiro atoms. The predicted molar refractivity (Wildman–Crippen MR) is 108 cm³/mol. The first kappa shape index (κ1) is 21.7. The van der Waals surface area contributed by atoms with Crippen LogP contribution in [0.3, 0.4) is 0 Å². The molecular formula is C24H34F2O. The number of unbranched alkanes of at least 4 members (excludes halogenated alkanes) is 4. The molecule has 0 unspecified atom stereocenters. The van der Waals surface area contributed by atoms with Gasteiger partial charge < -0.3 is 4.74 Å². The molecule has 1 aliphatic rings. The van der Waals surface area contributed by atoms with Gasteiger partial charge in [0.1, 0.15) is 0 Å². The van der Waals surface area contributed by atoms with Crippen molar-refractivity contribution in [3.63, 3.8) is 0 Å². The van der Waals surface area contributed by atoms with Gasteiger partial charge >= 0.3 is 0 Å². The van der Waals surface area contributed by atoms with E-state index in [2.05, 4.69) is 25.7 Å². The summed E-state index contributed by atoms with van der Waals surface area (Å²) in [6.07, 6.45) is 12.8. The third kappa shape index (κ3) is 7.17. The molecule has 0 bridgehead atoms. The molecule has 1 fully saturated rings. The fourth-order valence-electron chi connectivity index (χ4n) is 3.73. The Morgan fingerprint density at radius 3 is 2.33 bits per heavy atom. The highest BCUT2D eigenvalue weighted by Crippen LogP contribution is 2.32. The van der Waals surface area contributed by atoms with Crippen LogP contribution in [0.1, 0.15) is 90.0 Å². The van der Waals surface area contributed by atoms with Crippen molar-refractivity contribution in [2.75, 3.05) is 6.61 Å². The van der Waals surface area contributed by atoms with Crippen molar-refractivity contribution < 1.29 is 13.5 Å². The van der Waals surface area contributed by atoms with E-state index in [1.54, 1.807) is 0 Å². The van der Waals surface area contributed by atoms with Gasteiger partial charge in [0.2, 0.25) is 5.82 Å². The molecule has 0 aliphatic heterocycles. The molecule has 2 rings (SSSR count). The van der Waals surface area contributed by atoms with Crippen LogP contribution in [0.15, 0.2) is 12.1 Å². The van der Waals surface area contributed by atoms with Gasteiger partial charge in [-0.25, -0.2) is 4.39 Å². The van der Waals surface area contributed by atoms with Crippen LogP contribution in [-0.2, 0) is 0 Å². The SMILES string of the molecule is CCCCCOc1ccc(C#C[C@H]2CC[C@H](CCCCC)CC2)c(F)c1F. The lowest BCUT2D eigenvalue weighted by Crippen LogP contribution is -2.13. The van der Waals surface area contributed by atoms with Crippen LogP contribution in [0.25, 0.3) is 0 Å². The molecule has 0 saturated heterocycles. The topological polar surface area (TPSA) is 9.23 Å². The van der Waals surface area contributed by atoms with Crippen LogP contribution >= 0.6 is 0 Å². The Kier molecular flexibility index (Phi) is 9.67. The van der Waals surface area contributed by atoms with Crippen LogP contribution < -0.4 is 4.74 Å². The summed E-state index contributed by atoms with van der Waals surface area (Å²) in [5.74, 6) is 5.37. The molecule has 1 aliphatic carbocycles. The molecule has 0 N–H and O–H groups in total. The Balaban J connectivity index is 1.86. The zero-order valence-electron chi connectivity index (χ0n) is 17.0. The first-order valence-electron chi connectivity index (χ1n) is 10.8. The minimum Gasteiger partial charge on any atom is -0.490 e. The maximum absolute atomic E-state index is 14.3. The zero-order valence-corrected chi connectivity index (χ0v) is 17.0. The van der Waals surface area contributed by atoms with Gasteiger partial charge in [0.05, 0.1) is 12.2 Å². The molecule has 0 amide bonds. The number of halogens is 2. The number of ether oxygens (including phenoxy) is 1. The van der Waals surface area contributed by atoms with E-state index in [0.717, 1.165) is 38.0 Å². The fraction of sp³-hybridized carbons (Fsp3) is 0.667. The highest BCUT2D eigenvalue weighted by molar-refractivity contribution is 5.41. The summed E-state index contributed by atoms with van der Waals surface area (Å²) in [6.45, 7) is 4.74. The van der Waals surface area contributed by atoms with Crippen molar-refractivity contribution in [1.29, 1.82) is 0 Å². The lowest BCUT2D eigenvalue weighted by Gasteiger charge is -2.25. The monoisotopic (exact) mass is 376 g/mol. The van der Waals surface area contributed by atoms with E-state index < -0.39 is 11.6 Å². The minimum absolute atomic E-state index is 0.0123. The Labute approximate surface area is 163 Å². The van der Waals surface area contributed by atoms with Crippen molar-refractivity contribution in [1.82, 2.24) is 0 Å². The molecule has 150 valence electrons. The number of hydrogen-bond donors (Lipinski definition) is 0. The number of benzene rings is 1. The molecule has 0 atom stereocenters. The number of rotatable bonds is 9. The van der Waals surface area contributed by atoms with E-state index in [-0.39, 0.29) is 11.3 Å². The first-order valence-corrected chi connectivity index (χ1v) is 10.8. The Hall–Kier alpha value is -1.56. The summed E-state index contributed by atoms with van der Waals surface area (Å²) in [5.41, 5.74) is 0.137. The van der Waals surface area contributed by atoms with Gasteiger partial charge in [0.15, 0.2) is 11.6 Å². The predicted octanol–water partition coefficient (Wildman–Crippen LogP) is 7.27. The van der Waals surface area contributed by atoms with Gasteiger partial charge in [0, 0.05) is 5.92 Å². The lowest BCUT2D eigenvalue weighted by molar-refractivity contribution is 0.286. The van der Waals surface area contributed by atoms with Crippen molar-refractivity contribution >= 4 is 0 Å². The summed E-state index contributed by atoms with van der Waals surface area (Å²) < 4.78 is 33.8. The second kappa shape index (κ2) is 12.0. The molecule has 27 heavy (non-hydrogen) atoms. The van der Waals surface area contributed by atoms with Crippen molar-refractivity contribution in [2.45, 2.75) is 84.5 Å². The molecular weight excluding hydrogens is 342 g/mol. The molecule has 1 aromatic carbocycles. The third-order valence-electron chi connectivity index (χ3n) is 5.53. The van der Waals surface area contributed by atoms with E-state index in [9.17, 15) is 8.78 Å². The Bertz CT molecular complexity index is 621. The van der Waals surface area contributed by atoms with Gasteiger partial charge in [-0.3, -0.25) is 0 Å². The van der Waals surface area contributed by atoms with Crippen LogP contribution in [0.2, 0.25) is 0 Å². The highest BCUT2D eigenvalue weighted by atomic mass is 19.2. The van der Waals surface area contributed by atoms with Crippen LogP contribution in [0.5, 0.6) is 5.75 Å². The van der Waals surface area contributed by atoms with Gasteiger partial charge in [0.25, 0.3) is 0 Å². The normalized spacial score (nSPS) is 19.4. The molecule has 1 saturated carbocycles. The average Bonchev–Trinajstić information content (AvgIpc) is 2.69. The zero-order chi connectivity index (χ0) is 19.5. The first-order chi connectivity index (χ1) is 13.2. The molecule has 1 nitrogen and oxygen atoms in total. The van der Waals surface area contributed by atoms with E-state index in [4.69, 9.17) is 4.74 Å². The Morgan fingerprint density at radius 2 is 1.63 bits per heavy atom. The van der Waals surface area contributed by atoms with E-state index >= 15 is 0 Å². The molecule has 3 heteroatoms. The second-order valence-electron chi connectivity index (χ2n) is 7.78. The summed E-state index contributed by atoms with van der Waals surface area (Å²) >= 11 is 0. The molecule has 0 heterocycles. The lowest BCUT2D eigenvalue weighted by atomic mass is 9.80. The molecule has 0 radical (unpaired) electrons. The largest absolute Gasteiger partial charge is 0.490 e. The summed E-state index contributed by atoms with van der Waals surface area (Å²) in [5, 5.41) is 0. The maximum Gasteiger partial charge on any atom is 0.201 e. The van der Waals surface area contributed by atoms with Gasteiger partial charge in [-0.05, 0) is 50.2 Å². The van der Waals surface area contributed by atoms with E-state index in [1.165, 1.54) is 50.7 Å². The third-order valence-corrected chi connectivity index (χ3v) is 5.53. The van der Waals surface area contributed by atoms with Crippen LogP contribution in [0, 0.1) is 35.3 Å². The molecule has 0 aromatic heterocycles. The minimum atomic E-state index is -0.919. The quantitative estimate of drug-likeness (QED) is 0.325. The van der Waals surface area contributed by atoms with Gasteiger partial charge in [-0.15, -0.1) is 0 Å². The van der Waals surface area contributed by atoms with Gasteiger partial charge in [-0.2, -0.15) is 4.39 Å². The van der Waals surface area contributed by atoms with Crippen LogP contribution in [0.4, 0.5) is 8.78 Å².